The molecule has 0 fully saturated rings. The van der Waals surface area contributed by atoms with E-state index in [1.54, 1.807) is 42.5 Å². The Morgan fingerprint density at radius 1 is 0.964 bits per heavy atom. The summed E-state index contributed by atoms with van der Waals surface area (Å²) in [5.74, 6) is -0.612. The number of halogens is 4. The fraction of sp³-hybridized carbons (Fsp3) is 0.136. The lowest BCUT2D eigenvalue weighted by Crippen LogP contribution is -2.09. The Hall–Kier alpha value is -2.79. The molecule has 3 aromatic rings. The van der Waals surface area contributed by atoms with Crippen LogP contribution in [0.25, 0.3) is 11.1 Å². The van der Waals surface area contributed by atoms with E-state index in [2.05, 4.69) is 0 Å². The van der Waals surface area contributed by atoms with E-state index in [0.29, 0.717) is 21.7 Å². The van der Waals surface area contributed by atoms with Gasteiger partial charge in [0.05, 0.1) is 11.1 Å². The van der Waals surface area contributed by atoms with Crippen LogP contribution in [0.1, 0.15) is 27.0 Å². The van der Waals surface area contributed by atoms with Crippen LogP contribution in [0, 0.1) is 6.92 Å². The van der Waals surface area contributed by atoms with E-state index >= 15 is 0 Å². The van der Waals surface area contributed by atoms with Crippen molar-refractivity contribution in [3.63, 3.8) is 0 Å². The molecule has 0 saturated heterocycles. The van der Waals surface area contributed by atoms with Gasteiger partial charge in [-0.05, 0) is 54.4 Å². The number of rotatable bonds is 4. The highest BCUT2D eigenvalue weighted by Gasteiger charge is 2.31. The minimum absolute atomic E-state index is 0.228. The Labute approximate surface area is 165 Å². The standard InChI is InChI=1S/C22H16ClF3O2/c1-14-7-10-20(23)19(11-14)18-9-8-17(22(24,25)26)12-16(18)13-28-21(27)15-5-3-2-4-6-15/h2-12H,13H2,1H3. The first kappa shape index (κ1) is 20.0. The van der Waals surface area contributed by atoms with Gasteiger partial charge in [-0.25, -0.2) is 4.79 Å². The zero-order valence-electron chi connectivity index (χ0n) is 14.9. The first-order valence-corrected chi connectivity index (χ1v) is 8.82. The zero-order chi connectivity index (χ0) is 20.3. The molecule has 0 aliphatic carbocycles. The van der Waals surface area contributed by atoms with Gasteiger partial charge >= 0.3 is 12.1 Å². The fourth-order valence-electron chi connectivity index (χ4n) is 2.80. The molecule has 3 rings (SSSR count). The Balaban J connectivity index is 1.99. The molecule has 6 heteroatoms. The van der Waals surface area contributed by atoms with Crippen LogP contribution >= 0.6 is 11.6 Å². The monoisotopic (exact) mass is 404 g/mol. The van der Waals surface area contributed by atoms with Crippen LogP contribution < -0.4 is 0 Å². The van der Waals surface area contributed by atoms with Crippen molar-refractivity contribution in [1.82, 2.24) is 0 Å². The molecule has 0 heterocycles. The number of ether oxygens (including phenoxy) is 1. The highest BCUT2D eigenvalue weighted by atomic mass is 35.5. The van der Waals surface area contributed by atoms with E-state index in [4.69, 9.17) is 16.3 Å². The summed E-state index contributed by atoms with van der Waals surface area (Å²) < 4.78 is 44.8. The number of carbonyl (C=O) groups excluding carboxylic acids is 1. The summed E-state index contributed by atoms with van der Waals surface area (Å²) in [6.07, 6.45) is -4.51. The Morgan fingerprint density at radius 2 is 1.68 bits per heavy atom. The van der Waals surface area contributed by atoms with E-state index in [1.165, 1.54) is 6.07 Å². The van der Waals surface area contributed by atoms with Gasteiger partial charge in [0.2, 0.25) is 0 Å². The van der Waals surface area contributed by atoms with Gasteiger partial charge < -0.3 is 4.74 Å². The second kappa shape index (κ2) is 8.07. The summed E-state index contributed by atoms with van der Waals surface area (Å²) >= 11 is 6.26. The third-order valence-electron chi connectivity index (χ3n) is 4.21. The van der Waals surface area contributed by atoms with Crippen LogP contribution in [-0.2, 0) is 17.5 Å². The summed E-state index contributed by atoms with van der Waals surface area (Å²) in [7, 11) is 0. The number of alkyl halides is 3. The third-order valence-corrected chi connectivity index (χ3v) is 4.54. The molecule has 0 bridgehead atoms. The smallest absolute Gasteiger partial charge is 0.416 e. The van der Waals surface area contributed by atoms with Crippen molar-refractivity contribution in [2.45, 2.75) is 19.7 Å². The van der Waals surface area contributed by atoms with E-state index in [-0.39, 0.29) is 12.2 Å². The van der Waals surface area contributed by atoms with E-state index < -0.39 is 17.7 Å². The summed E-state index contributed by atoms with van der Waals surface area (Å²) in [5.41, 5.74) is 1.72. The van der Waals surface area contributed by atoms with Crippen molar-refractivity contribution in [2.24, 2.45) is 0 Å². The summed E-state index contributed by atoms with van der Waals surface area (Å²) in [5, 5.41) is 0.404. The van der Waals surface area contributed by atoms with Crippen molar-refractivity contribution in [3.8, 4) is 11.1 Å². The second-order valence-electron chi connectivity index (χ2n) is 6.30. The molecule has 144 valence electrons. The Morgan fingerprint density at radius 3 is 2.36 bits per heavy atom. The number of esters is 1. The molecular formula is C22H16ClF3O2. The van der Waals surface area contributed by atoms with Crippen molar-refractivity contribution in [1.29, 1.82) is 0 Å². The average Bonchev–Trinajstić information content (AvgIpc) is 2.68. The average molecular weight is 405 g/mol. The molecule has 0 aliphatic rings. The van der Waals surface area contributed by atoms with E-state index in [9.17, 15) is 18.0 Å². The van der Waals surface area contributed by atoms with Crippen LogP contribution in [0.3, 0.4) is 0 Å². The lowest BCUT2D eigenvalue weighted by Gasteiger charge is -2.15. The van der Waals surface area contributed by atoms with Gasteiger partial charge in [0.25, 0.3) is 0 Å². The molecule has 0 atom stereocenters. The highest BCUT2D eigenvalue weighted by Crippen LogP contribution is 2.36. The minimum atomic E-state index is -4.51. The summed E-state index contributed by atoms with van der Waals surface area (Å²) in [4.78, 5) is 12.2. The van der Waals surface area contributed by atoms with E-state index in [1.807, 2.05) is 13.0 Å². The molecule has 0 amide bonds. The van der Waals surface area contributed by atoms with Gasteiger partial charge in [0.15, 0.2) is 0 Å². The van der Waals surface area contributed by atoms with Crippen LogP contribution in [0.4, 0.5) is 13.2 Å². The molecule has 0 aliphatic heterocycles. The van der Waals surface area contributed by atoms with Crippen molar-refractivity contribution in [2.75, 3.05) is 0 Å². The van der Waals surface area contributed by atoms with Gasteiger partial charge in [-0.2, -0.15) is 13.2 Å². The van der Waals surface area contributed by atoms with E-state index in [0.717, 1.165) is 17.7 Å². The fourth-order valence-corrected chi connectivity index (χ4v) is 3.02. The van der Waals surface area contributed by atoms with Crippen LogP contribution in [-0.4, -0.2) is 5.97 Å². The maximum Gasteiger partial charge on any atom is 0.416 e. The van der Waals surface area contributed by atoms with Crippen LogP contribution in [0.5, 0.6) is 0 Å². The number of hydrogen-bond acceptors (Lipinski definition) is 2. The summed E-state index contributed by atoms with van der Waals surface area (Å²) in [6, 6.07) is 16.9. The zero-order valence-corrected chi connectivity index (χ0v) is 15.6. The quantitative estimate of drug-likeness (QED) is 0.453. The lowest BCUT2D eigenvalue weighted by molar-refractivity contribution is -0.137. The number of aryl methyl sites for hydroxylation is 1. The maximum atomic E-state index is 13.2. The largest absolute Gasteiger partial charge is 0.457 e. The van der Waals surface area contributed by atoms with Crippen molar-refractivity contribution < 1.29 is 22.7 Å². The predicted octanol–water partition coefficient (Wildman–Crippen LogP) is 6.69. The Kier molecular flexibility index (Phi) is 5.75. The van der Waals surface area contributed by atoms with Crippen LogP contribution in [0.2, 0.25) is 5.02 Å². The molecule has 0 spiro atoms. The number of hydrogen-bond donors (Lipinski definition) is 0. The van der Waals surface area contributed by atoms with Gasteiger partial charge in [0, 0.05) is 10.6 Å². The number of benzene rings is 3. The normalized spacial score (nSPS) is 11.3. The minimum Gasteiger partial charge on any atom is -0.457 e. The predicted molar refractivity (Wildman–Crippen MR) is 102 cm³/mol. The second-order valence-corrected chi connectivity index (χ2v) is 6.70. The molecule has 0 saturated carbocycles. The molecule has 0 radical (unpaired) electrons. The SMILES string of the molecule is Cc1ccc(Cl)c(-c2ccc(C(F)(F)F)cc2COC(=O)c2ccccc2)c1. The highest BCUT2D eigenvalue weighted by molar-refractivity contribution is 6.33. The van der Waals surface area contributed by atoms with Crippen LogP contribution in [0.15, 0.2) is 66.7 Å². The van der Waals surface area contributed by atoms with Gasteiger partial charge in [-0.1, -0.05) is 47.5 Å². The van der Waals surface area contributed by atoms with Gasteiger partial charge in [0.1, 0.15) is 6.61 Å². The summed E-state index contributed by atoms with van der Waals surface area (Å²) in [6.45, 7) is 1.55. The Bertz CT molecular complexity index is 998. The molecule has 28 heavy (non-hydrogen) atoms. The number of carbonyl (C=O) groups is 1. The molecule has 0 N–H and O–H groups in total. The first-order chi connectivity index (χ1) is 13.3. The molecule has 2 nitrogen and oxygen atoms in total. The third kappa shape index (κ3) is 4.54. The van der Waals surface area contributed by atoms with Gasteiger partial charge in [-0.3, -0.25) is 0 Å². The first-order valence-electron chi connectivity index (χ1n) is 8.44. The van der Waals surface area contributed by atoms with Crippen molar-refractivity contribution >= 4 is 17.6 Å². The molecule has 0 aromatic heterocycles. The molecule has 3 aromatic carbocycles. The molecular weight excluding hydrogens is 389 g/mol. The molecule has 0 unspecified atom stereocenters. The lowest BCUT2D eigenvalue weighted by atomic mass is 9.96. The topological polar surface area (TPSA) is 26.3 Å². The van der Waals surface area contributed by atoms with Crippen molar-refractivity contribution in [3.05, 3.63) is 94.0 Å². The van der Waals surface area contributed by atoms with Gasteiger partial charge in [-0.15, -0.1) is 0 Å². The maximum absolute atomic E-state index is 13.2.